The summed E-state index contributed by atoms with van der Waals surface area (Å²) in [6.07, 6.45) is 5.24. The summed E-state index contributed by atoms with van der Waals surface area (Å²) in [6, 6.07) is 18.9. The predicted molar refractivity (Wildman–Crippen MR) is 123 cm³/mol. The number of hydrogen-bond acceptors (Lipinski definition) is 3. The van der Waals surface area contributed by atoms with Crippen molar-refractivity contribution in [1.29, 1.82) is 0 Å². The summed E-state index contributed by atoms with van der Waals surface area (Å²) in [5, 5.41) is 4.29. The van der Waals surface area contributed by atoms with Gasteiger partial charge in [0, 0.05) is 56.5 Å². The van der Waals surface area contributed by atoms with Crippen LogP contribution >= 0.6 is 11.6 Å². The van der Waals surface area contributed by atoms with Crippen LogP contribution in [0.3, 0.4) is 0 Å². The number of nitrogens with zero attached hydrogens (tertiary/aromatic N) is 3. The summed E-state index contributed by atoms with van der Waals surface area (Å²) in [7, 11) is 0. The topological polar surface area (TPSA) is 23.4 Å². The highest BCUT2D eigenvalue weighted by atomic mass is 35.5. The number of anilines is 2. The van der Waals surface area contributed by atoms with Gasteiger partial charge in [-0.15, -0.1) is 0 Å². The lowest BCUT2D eigenvalue weighted by atomic mass is 10.1. The van der Waals surface area contributed by atoms with E-state index >= 15 is 0 Å². The Bertz CT molecular complexity index is 914. The molecule has 0 bridgehead atoms. The Labute approximate surface area is 178 Å². The van der Waals surface area contributed by atoms with Gasteiger partial charge in [0.15, 0.2) is 0 Å². The SMILES string of the molecule is CCCN1CCN(c2ccccc2CNc2ccc(-n3cccc3)c(Cl)c2)CC1. The molecule has 0 spiro atoms. The minimum Gasteiger partial charge on any atom is -0.381 e. The van der Waals surface area contributed by atoms with Crippen molar-refractivity contribution >= 4 is 23.0 Å². The fraction of sp³-hybridized carbons (Fsp3) is 0.333. The minimum absolute atomic E-state index is 0.742. The minimum atomic E-state index is 0.742. The molecule has 152 valence electrons. The molecule has 0 amide bonds. The quantitative estimate of drug-likeness (QED) is 0.575. The van der Waals surface area contributed by atoms with E-state index in [2.05, 4.69) is 58.4 Å². The molecule has 1 aliphatic rings. The first-order valence-corrected chi connectivity index (χ1v) is 10.8. The number of halogens is 1. The van der Waals surface area contributed by atoms with Crippen molar-refractivity contribution in [1.82, 2.24) is 9.47 Å². The second kappa shape index (κ2) is 9.38. The molecule has 1 N–H and O–H groups in total. The average Bonchev–Trinajstić information content (AvgIpc) is 3.28. The van der Waals surface area contributed by atoms with Crippen LogP contribution in [0.4, 0.5) is 11.4 Å². The number of aromatic nitrogens is 1. The molecule has 3 aromatic rings. The predicted octanol–water partition coefficient (Wildman–Crippen LogP) is 5.27. The van der Waals surface area contributed by atoms with E-state index in [1.54, 1.807) is 0 Å². The molecule has 1 aromatic heterocycles. The van der Waals surface area contributed by atoms with Crippen LogP contribution in [-0.4, -0.2) is 42.2 Å². The molecule has 4 rings (SSSR count). The third kappa shape index (κ3) is 4.77. The van der Waals surface area contributed by atoms with Gasteiger partial charge < -0.3 is 14.8 Å². The fourth-order valence-corrected chi connectivity index (χ4v) is 4.29. The summed E-state index contributed by atoms with van der Waals surface area (Å²) in [5.41, 5.74) is 4.69. The molecule has 0 saturated carbocycles. The molecule has 2 heterocycles. The Hall–Kier alpha value is -2.43. The van der Waals surface area contributed by atoms with E-state index in [9.17, 15) is 0 Å². The summed E-state index contributed by atoms with van der Waals surface area (Å²) in [4.78, 5) is 5.08. The lowest BCUT2D eigenvalue weighted by molar-refractivity contribution is 0.258. The van der Waals surface area contributed by atoms with Crippen molar-refractivity contribution in [2.75, 3.05) is 42.9 Å². The Morgan fingerprint density at radius 2 is 1.66 bits per heavy atom. The monoisotopic (exact) mass is 408 g/mol. The van der Waals surface area contributed by atoms with Crippen LogP contribution in [0, 0.1) is 0 Å². The molecule has 0 atom stereocenters. The average molecular weight is 409 g/mol. The van der Waals surface area contributed by atoms with Gasteiger partial charge in [-0.1, -0.05) is 36.7 Å². The number of piperazine rings is 1. The zero-order valence-corrected chi connectivity index (χ0v) is 17.8. The summed E-state index contributed by atoms with van der Waals surface area (Å²) < 4.78 is 2.03. The first kappa shape index (κ1) is 19.9. The standard InChI is InChI=1S/C24H29ClN4/c1-2-11-27-14-16-29(17-15-27)23-8-4-3-7-20(23)19-26-21-9-10-24(22(25)18-21)28-12-5-6-13-28/h3-10,12-13,18,26H,2,11,14-17,19H2,1H3. The van der Waals surface area contributed by atoms with E-state index in [-0.39, 0.29) is 0 Å². The van der Waals surface area contributed by atoms with Crippen LogP contribution in [-0.2, 0) is 6.54 Å². The van der Waals surface area contributed by atoms with E-state index < -0.39 is 0 Å². The van der Waals surface area contributed by atoms with Gasteiger partial charge in [0.05, 0.1) is 10.7 Å². The molecule has 1 saturated heterocycles. The molecule has 2 aromatic carbocycles. The summed E-state index contributed by atoms with van der Waals surface area (Å²) in [5.74, 6) is 0. The second-order valence-corrected chi connectivity index (χ2v) is 7.97. The molecule has 1 aliphatic heterocycles. The van der Waals surface area contributed by atoms with Gasteiger partial charge in [0.1, 0.15) is 0 Å². The smallest absolute Gasteiger partial charge is 0.0666 e. The van der Waals surface area contributed by atoms with Crippen LogP contribution in [0.25, 0.3) is 5.69 Å². The van der Waals surface area contributed by atoms with Crippen molar-refractivity contribution in [3.8, 4) is 5.69 Å². The number of benzene rings is 2. The zero-order valence-electron chi connectivity index (χ0n) is 17.0. The molecule has 1 fully saturated rings. The molecule has 0 radical (unpaired) electrons. The molecule has 5 heteroatoms. The van der Waals surface area contributed by atoms with Crippen LogP contribution in [0.5, 0.6) is 0 Å². The van der Waals surface area contributed by atoms with E-state index in [1.165, 1.54) is 24.2 Å². The van der Waals surface area contributed by atoms with Crippen LogP contribution < -0.4 is 10.2 Å². The third-order valence-electron chi connectivity index (χ3n) is 5.56. The van der Waals surface area contributed by atoms with Crippen molar-refractivity contribution in [3.63, 3.8) is 0 Å². The van der Waals surface area contributed by atoms with Crippen LogP contribution in [0.15, 0.2) is 67.0 Å². The van der Waals surface area contributed by atoms with Gasteiger partial charge in [-0.2, -0.15) is 0 Å². The van der Waals surface area contributed by atoms with Crippen molar-refractivity contribution in [2.24, 2.45) is 0 Å². The summed E-state index contributed by atoms with van der Waals surface area (Å²) >= 11 is 6.52. The summed E-state index contributed by atoms with van der Waals surface area (Å²) in [6.45, 7) is 8.72. The van der Waals surface area contributed by atoms with Crippen LogP contribution in [0.2, 0.25) is 5.02 Å². The largest absolute Gasteiger partial charge is 0.381 e. The van der Waals surface area contributed by atoms with Crippen molar-refractivity contribution in [2.45, 2.75) is 19.9 Å². The molecular formula is C24H29ClN4. The fourth-order valence-electron chi connectivity index (χ4n) is 4.02. The number of para-hydroxylation sites is 1. The van der Waals surface area contributed by atoms with E-state index in [0.29, 0.717) is 0 Å². The number of nitrogens with one attached hydrogen (secondary N) is 1. The maximum Gasteiger partial charge on any atom is 0.0666 e. The molecule has 29 heavy (non-hydrogen) atoms. The second-order valence-electron chi connectivity index (χ2n) is 7.57. The van der Waals surface area contributed by atoms with Gasteiger partial charge >= 0.3 is 0 Å². The Kier molecular flexibility index (Phi) is 6.43. The maximum atomic E-state index is 6.52. The van der Waals surface area contributed by atoms with E-state index in [0.717, 1.165) is 49.1 Å². The highest BCUT2D eigenvalue weighted by molar-refractivity contribution is 6.32. The van der Waals surface area contributed by atoms with Gasteiger partial charge in [-0.25, -0.2) is 0 Å². The Balaban J connectivity index is 1.42. The Morgan fingerprint density at radius 1 is 0.897 bits per heavy atom. The van der Waals surface area contributed by atoms with Crippen molar-refractivity contribution in [3.05, 3.63) is 77.6 Å². The van der Waals surface area contributed by atoms with Gasteiger partial charge in [-0.3, -0.25) is 4.90 Å². The molecular weight excluding hydrogens is 380 g/mol. The number of hydrogen-bond donors (Lipinski definition) is 1. The van der Waals surface area contributed by atoms with E-state index in [1.807, 2.05) is 35.2 Å². The normalized spacial score (nSPS) is 14.9. The number of rotatable bonds is 7. The van der Waals surface area contributed by atoms with Crippen LogP contribution in [0.1, 0.15) is 18.9 Å². The molecule has 4 nitrogen and oxygen atoms in total. The maximum absolute atomic E-state index is 6.52. The Morgan fingerprint density at radius 3 is 2.38 bits per heavy atom. The lowest BCUT2D eigenvalue weighted by Crippen LogP contribution is -2.46. The van der Waals surface area contributed by atoms with E-state index in [4.69, 9.17) is 11.6 Å². The first-order valence-electron chi connectivity index (χ1n) is 10.5. The highest BCUT2D eigenvalue weighted by Crippen LogP contribution is 2.27. The first-order chi connectivity index (χ1) is 14.2. The third-order valence-corrected chi connectivity index (χ3v) is 5.86. The molecule has 0 aliphatic carbocycles. The van der Waals surface area contributed by atoms with Gasteiger partial charge in [-0.05, 0) is 54.9 Å². The van der Waals surface area contributed by atoms with Gasteiger partial charge in [0.2, 0.25) is 0 Å². The highest BCUT2D eigenvalue weighted by Gasteiger charge is 2.18. The van der Waals surface area contributed by atoms with Gasteiger partial charge in [0.25, 0.3) is 0 Å². The van der Waals surface area contributed by atoms with Crippen molar-refractivity contribution < 1.29 is 0 Å². The zero-order chi connectivity index (χ0) is 20.1. The lowest BCUT2D eigenvalue weighted by Gasteiger charge is -2.37. The molecule has 0 unspecified atom stereocenters.